The Bertz CT molecular complexity index is 700. The van der Waals surface area contributed by atoms with Crippen molar-refractivity contribution in [3.63, 3.8) is 0 Å². The molecule has 0 aliphatic heterocycles. The lowest BCUT2D eigenvalue weighted by molar-refractivity contribution is -0.138. The van der Waals surface area contributed by atoms with Gasteiger partial charge in [-0.1, -0.05) is 5.92 Å². The van der Waals surface area contributed by atoms with Crippen LogP contribution >= 0.6 is 22.6 Å². The molecule has 0 amide bonds. The molecule has 0 spiro atoms. The van der Waals surface area contributed by atoms with E-state index in [0.29, 0.717) is 5.56 Å². The smallest absolute Gasteiger partial charge is 0.166 e. The maximum absolute atomic E-state index is 12.1. The third-order valence-corrected chi connectivity index (χ3v) is 3.37. The largest absolute Gasteiger partial charge is 0.416 e. The van der Waals surface area contributed by atoms with Crippen molar-refractivity contribution in [1.82, 2.24) is 0 Å². The third-order valence-electron chi connectivity index (χ3n) is 2.65. The zero-order valence-electron chi connectivity index (χ0n) is 12.3. The molecule has 0 atom stereocenters. The van der Waals surface area contributed by atoms with Gasteiger partial charge in [-0.15, -0.1) is 5.92 Å². The van der Waals surface area contributed by atoms with Crippen LogP contribution in [0.1, 0.15) is 23.6 Å². The Hall–Kier alpha value is -1.69. The first kappa shape index (κ1) is 20.4. The molecule has 0 heterocycles. The quantitative estimate of drug-likeness (QED) is 0.245. The average Bonchev–Trinajstić information content (AvgIpc) is 2.47. The van der Waals surface area contributed by atoms with E-state index in [1.807, 2.05) is 22.6 Å². The van der Waals surface area contributed by atoms with Gasteiger partial charge < -0.3 is 0 Å². The maximum atomic E-state index is 12.1. The summed E-state index contributed by atoms with van der Waals surface area (Å²) >= 11 is 1.96. The highest BCUT2D eigenvalue weighted by Gasteiger charge is 2.30. The van der Waals surface area contributed by atoms with Crippen LogP contribution in [-0.2, 0) is 12.4 Å². The molecule has 24 heavy (non-hydrogen) atoms. The SMILES string of the molecule is CC#Cc1ccc(C(F)(F)F)cc1.FC(F)(F)c1ccc(I)cc1. The highest BCUT2D eigenvalue weighted by atomic mass is 127. The highest BCUT2D eigenvalue weighted by molar-refractivity contribution is 14.1. The molecule has 0 aromatic heterocycles. The van der Waals surface area contributed by atoms with Gasteiger partial charge in [-0.25, -0.2) is 0 Å². The lowest BCUT2D eigenvalue weighted by Crippen LogP contribution is -2.03. The summed E-state index contributed by atoms with van der Waals surface area (Å²) in [6.45, 7) is 1.64. The van der Waals surface area contributed by atoms with Gasteiger partial charge in [0.05, 0.1) is 11.1 Å². The molecule has 0 bridgehead atoms. The molecule has 0 N–H and O–H groups in total. The molecule has 7 heteroatoms. The Morgan fingerprint density at radius 1 is 0.708 bits per heavy atom. The number of rotatable bonds is 0. The van der Waals surface area contributed by atoms with Crippen LogP contribution in [0, 0.1) is 15.4 Å². The Labute approximate surface area is 149 Å². The van der Waals surface area contributed by atoms with Crippen molar-refractivity contribution in [1.29, 1.82) is 0 Å². The van der Waals surface area contributed by atoms with Gasteiger partial charge in [-0.05, 0) is 78.0 Å². The second-order valence-corrected chi connectivity index (χ2v) is 5.70. The van der Waals surface area contributed by atoms with E-state index < -0.39 is 23.5 Å². The summed E-state index contributed by atoms with van der Waals surface area (Å²) in [7, 11) is 0. The van der Waals surface area contributed by atoms with Gasteiger partial charge in [0.2, 0.25) is 0 Å². The maximum Gasteiger partial charge on any atom is 0.416 e. The fourth-order valence-corrected chi connectivity index (χ4v) is 1.89. The van der Waals surface area contributed by atoms with Crippen LogP contribution < -0.4 is 0 Å². The first-order valence-corrected chi connectivity index (χ1v) is 7.54. The average molecular weight is 456 g/mol. The summed E-state index contributed by atoms with van der Waals surface area (Å²) in [5, 5.41) is 0. The number of alkyl halides is 6. The molecule has 2 aromatic carbocycles. The van der Waals surface area contributed by atoms with E-state index in [-0.39, 0.29) is 0 Å². The van der Waals surface area contributed by atoms with Crippen LogP contribution in [0.3, 0.4) is 0 Å². The van der Waals surface area contributed by atoms with Gasteiger partial charge >= 0.3 is 12.4 Å². The van der Waals surface area contributed by atoms with Gasteiger partial charge in [-0.3, -0.25) is 0 Å². The topological polar surface area (TPSA) is 0 Å². The van der Waals surface area contributed by atoms with Crippen LogP contribution in [0.2, 0.25) is 0 Å². The number of hydrogen-bond donors (Lipinski definition) is 0. The summed E-state index contributed by atoms with van der Waals surface area (Å²) < 4.78 is 72.8. The zero-order valence-corrected chi connectivity index (χ0v) is 14.4. The first-order valence-electron chi connectivity index (χ1n) is 6.47. The standard InChI is InChI=1S/C10H7F3.C7H4F3I/c1-2-3-8-4-6-9(7-5-8)10(11,12)13;8-7(9,10)5-1-3-6(11)4-2-5/h4-7H,1H3;1-4H. The minimum Gasteiger partial charge on any atom is -0.166 e. The molecule has 0 nitrogen and oxygen atoms in total. The molecule has 0 aliphatic carbocycles. The second kappa shape index (κ2) is 8.42. The number of hydrogen-bond acceptors (Lipinski definition) is 0. The Morgan fingerprint density at radius 2 is 1.08 bits per heavy atom. The molecule has 0 fully saturated rings. The Morgan fingerprint density at radius 3 is 1.42 bits per heavy atom. The summed E-state index contributed by atoms with van der Waals surface area (Å²) in [6.07, 6.45) is -8.48. The van der Waals surface area contributed by atoms with Crippen molar-refractivity contribution in [2.24, 2.45) is 0 Å². The zero-order chi connectivity index (χ0) is 18.4. The summed E-state index contributed by atoms with van der Waals surface area (Å²) in [5.41, 5.74) is -0.650. The van der Waals surface area contributed by atoms with E-state index in [1.54, 1.807) is 6.92 Å². The molecule has 0 radical (unpaired) electrons. The van der Waals surface area contributed by atoms with Crippen molar-refractivity contribution in [2.75, 3.05) is 0 Å². The third kappa shape index (κ3) is 6.83. The van der Waals surface area contributed by atoms with E-state index in [4.69, 9.17) is 0 Å². The van der Waals surface area contributed by atoms with Crippen molar-refractivity contribution >= 4 is 22.6 Å². The number of halogens is 7. The molecule has 128 valence electrons. The Balaban J connectivity index is 0.000000243. The van der Waals surface area contributed by atoms with Crippen LogP contribution in [0.25, 0.3) is 0 Å². The first-order chi connectivity index (χ1) is 11.0. The van der Waals surface area contributed by atoms with E-state index in [2.05, 4.69) is 11.8 Å². The summed E-state index contributed by atoms with van der Waals surface area (Å²) in [6, 6.07) is 9.79. The van der Waals surface area contributed by atoms with Crippen LogP contribution in [0.15, 0.2) is 48.5 Å². The van der Waals surface area contributed by atoms with Gasteiger partial charge in [-0.2, -0.15) is 26.3 Å². The molecular formula is C17H11F6I. The predicted molar refractivity (Wildman–Crippen MR) is 88.2 cm³/mol. The van der Waals surface area contributed by atoms with E-state index in [9.17, 15) is 26.3 Å². The minimum atomic E-state index is -4.27. The van der Waals surface area contributed by atoms with Crippen molar-refractivity contribution in [3.8, 4) is 11.8 Å². The van der Waals surface area contributed by atoms with Gasteiger partial charge in [0.15, 0.2) is 0 Å². The van der Waals surface area contributed by atoms with Crippen LogP contribution in [0.5, 0.6) is 0 Å². The molecule has 0 aliphatic rings. The fourth-order valence-electron chi connectivity index (χ4n) is 1.53. The molecule has 0 saturated heterocycles. The monoisotopic (exact) mass is 456 g/mol. The van der Waals surface area contributed by atoms with Gasteiger partial charge in [0.25, 0.3) is 0 Å². The van der Waals surface area contributed by atoms with Crippen LogP contribution in [0.4, 0.5) is 26.3 Å². The molecule has 2 aromatic rings. The molecular weight excluding hydrogens is 445 g/mol. The molecule has 2 rings (SSSR count). The lowest BCUT2D eigenvalue weighted by atomic mass is 10.1. The van der Waals surface area contributed by atoms with Gasteiger partial charge in [0.1, 0.15) is 0 Å². The predicted octanol–water partition coefficient (Wildman–Crippen LogP) is 6.39. The van der Waals surface area contributed by atoms with Crippen LogP contribution in [-0.4, -0.2) is 0 Å². The van der Waals surface area contributed by atoms with Gasteiger partial charge in [0, 0.05) is 9.13 Å². The van der Waals surface area contributed by atoms with Crippen molar-refractivity contribution < 1.29 is 26.3 Å². The normalized spacial score (nSPS) is 11.0. The van der Waals surface area contributed by atoms with Crippen molar-refractivity contribution in [2.45, 2.75) is 19.3 Å². The number of benzene rings is 2. The minimum absolute atomic E-state index is 0.593. The van der Waals surface area contributed by atoms with E-state index in [1.165, 1.54) is 24.3 Å². The summed E-state index contributed by atoms with van der Waals surface area (Å²) in [4.78, 5) is 0. The highest BCUT2D eigenvalue weighted by Crippen LogP contribution is 2.29. The van der Waals surface area contributed by atoms with E-state index >= 15 is 0 Å². The fraction of sp³-hybridized carbons (Fsp3) is 0.176. The molecule has 0 unspecified atom stereocenters. The molecule has 0 saturated carbocycles. The second-order valence-electron chi connectivity index (χ2n) is 4.45. The Kier molecular flexibility index (Phi) is 7.14. The summed E-state index contributed by atoms with van der Waals surface area (Å²) in [5.74, 6) is 5.28. The van der Waals surface area contributed by atoms with E-state index in [0.717, 1.165) is 27.8 Å². The lowest BCUT2D eigenvalue weighted by Gasteiger charge is -2.05. The van der Waals surface area contributed by atoms with Crippen molar-refractivity contribution in [3.05, 3.63) is 68.8 Å².